The molecule has 0 saturated heterocycles. The molecule has 27 heavy (non-hydrogen) atoms. The summed E-state index contributed by atoms with van der Waals surface area (Å²) in [6, 6.07) is 13.8. The van der Waals surface area contributed by atoms with Crippen molar-refractivity contribution in [2.24, 2.45) is 0 Å². The molecule has 0 saturated carbocycles. The van der Waals surface area contributed by atoms with Gasteiger partial charge in [-0.15, -0.1) is 0 Å². The first kappa shape index (κ1) is 20.5. The highest BCUT2D eigenvalue weighted by atomic mass is 19.4. The van der Waals surface area contributed by atoms with Gasteiger partial charge in [-0.3, -0.25) is 9.59 Å². The number of carbonyl (C=O) groups excluding carboxylic acids is 1. The SMILES string of the molecule is O=C(O)CCCN(Cc1ccccc1)C(=O)Cc1cccc(C(F)(F)F)c1. The Kier molecular flexibility index (Phi) is 6.98. The van der Waals surface area contributed by atoms with Gasteiger partial charge >= 0.3 is 12.1 Å². The van der Waals surface area contributed by atoms with Crippen molar-refractivity contribution in [3.8, 4) is 0 Å². The van der Waals surface area contributed by atoms with Gasteiger partial charge in [-0.1, -0.05) is 48.5 Å². The van der Waals surface area contributed by atoms with Crippen LogP contribution in [-0.4, -0.2) is 28.4 Å². The van der Waals surface area contributed by atoms with E-state index in [-0.39, 0.29) is 43.8 Å². The second-order valence-electron chi connectivity index (χ2n) is 6.17. The summed E-state index contributed by atoms with van der Waals surface area (Å²) in [7, 11) is 0. The number of rotatable bonds is 8. The number of carbonyl (C=O) groups is 2. The average Bonchev–Trinajstić information content (AvgIpc) is 2.61. The topological polar surface area (TPSA) is 57.6 Å². The van der Waals surface area contributed by atoms with Gasteiger partial charge in [-0.2, -0.15) is 13.2 Å². The van der Waals surface area contributed by atoms with E-state index < -0.39 is 17.7 Å². The normalized spacial score (nSPS) is 11.2. The number of hydrogen-bond acceptors (Lipinski definition) is 2. The Morgan fingerprint density at radius 3 is 2.26 bits per heavy atom. The van der Waals surface area contributed by atoms with E-state index in [0.29, 0.717) is 0 Å². The minimum absolute atomic E-state index is 0.0812. The molecule has 4 nitrogen and oxygen atoms in total. The summed E-state index contributed by atoms with van der Waals surface area (Å²) >= 11 is 0. The third-order valence-electron chi connectivity index (χ3n) is 4.00. The number of carboxylic acid groups (broad SMARTS) is 1. The van der Waals surface area contributed by atoms with Crippen molar-refractivity contribution < 1.29 is 27.9 Å². The summed E-state index contributed by atoms with van der Waals surface area (Å²) in [5.74, 6) is -1.30. The number of alkyl halides is 3. The number of nitrogens with zero attached hydrogens (tertiary/aromatic N) is 1. The first-order valence-corrected chi connectivity index (χ1v) is 8.45. The van der Waals surface area contributed by atoms with E-state index >= 15 is 0 Å². The van der Waals surface area contributed by atoms with Crippen LogP contribution in [0.5, 0.6) is 0 Å². The minimum atomic E-state index is -4.47. The summed E-state index contributed by atoms with van der Waals surface area (Å²) in [6.07, 6.45) is -4.45. The summed E-state index contributed by atoms with van der Waals surface area (Å²) < 4.78 is 38.5. The Morgan fingerprint density at radius 2 is 1.63 bits per heavy atom. The number of benzene rings is 2. The third-order valence-corrected chi connectivity index (χ3v) is 4.00. The summed E-state index contributed by atoms with van der Waals surface area (Å²) in [4.78, 5) is 24.9. The Bertz CT molecular complexity index is 776. The fraction of sp³-hybridized carbons (Fsp3) is 0.300. The highest BCUT2D eigenvalue weighted by molar-refractivity contribution is 5.79. The standard InChI is InChI=1S/C20H20F3NO3/c21-20(22,23)17-9-4-8-16(12-17)13-18(25)24(11-5-10-19(26)27)14-15-6-2-1-3-7-15/h1-4,6-9,12H,5,10-11,13-14H2,(H,26,27). The smallest absolute Gasteiger partial charge is 0.416 e. The molecule has 0 fully saturated rings. The average molecular weight is 379 g/mol. The minimum Gasteiger partial charge on any atom is -0.481 e. The van der Waals surface area contributed by atoms with Crippen molar-refractivity contribution in [1.82, 2.24) is 4.90 Å². The fourth-order valence-corrected chi connectivity index (χ4v) is 2.66. The number of halogens is 3. The maximum absolute atomic E-state index is 12.8. The predicted octanol–water partition coefficient (Wildman–Crippen LogP) is 4.14. The van der Waals surface area contributed by atoms with Gasteiger partial charge in [0.1, 0.15) is 0 Å². The van der Waals surface area contributed by atoms with Crippen molar-refractivity contribution in [1.29, 1.82) is 0 Å². The first-order chi connectivity index (χ1) is 12.8. The molecule has 0 radical (unpaired) electrons. The van der Waals surface area contributed by atoms with Crippen molar-refractivity contribution >= 4 is 11.9 Å². The summed E-state index contributed by atoms with van der Waals surface area (Å²) in [6.45, 7) is 0.497. The van der Waals surface area contributed by atoms with E-state index in [2.05, 4.69) is 0 Å². The van der Waals surface area contributed by atoms with E-state index in [1.165, 1.54) is 17.0 Å². The molecule has 1 amide bonds. The van der Waals surface area contributed by atoms with Crippen LogP contribution in [0.2, 0.25) is 0 Å². The van der Waals surface area contributed by atoms with Crippen molar-refractivity contribution in [3.63, 3.8) is 0 Å². The van der Waals surface area contributed by atoms with Gasteiger partial charge in [0.05, 0.1) is 12.0 Å². The number of carboxylic acids is 1. The van der Waals surface area contributed by atoms with Gasteiger partial charge in [-0.25, -0.2) is 0 Å². The van der Waals surface area contributed by atoms with E-state index in [4.69, 9.17) is 5.11 Å². The van der Waals surface area contributed by atoms with Crippen molar-refractivity contribution in [3.05, 3.63) is 71.3 Å². The molecule has 0 aliphatic heterocycles. The van der Waals surface area contributed by atoms with E-state index in [9.17, 15) is 22.8 Å². The first-order valence-electron chi connectivity index (χ1n) is 8.45. The second kappa shape index (κ2) is 9.21. The maximum atomic E-state index is 12.8. The molecule has 0 aliphatic carbocycles. The molecule has 2 aromatic rings. The number of amides is 1. The second-order valence-corrected chi connectivity index (χ2v) is 6.17. The molecule has 0 unspecified atom stereocenters. The Labute approximate surface area is 155 Å². The molecular weight excluding hydrogens is 359 g/mol. The van der Waals surface area contributed by atoms with Gasteiger partial charge in [-0.05, 0) is 23.6 Å². The molecule has 2 aromatic carbocycles. The van der Waals surface area contributed by atoms with Crippen LogP contribution in [0.3, 0.4) is 0 Å². The lowest BCUT2D eigenvalue weighted by Crippen LogP contribution is -2.33. The molecule has 0 heterocycles. The van der Waals surface area contributed by atoms with Gasteiger partial charge in [0.25, 0.3) is 0 Å². The van der Waals surface area contributed by atoms with Gasteiger partial charge in [0.2, 0.25) is 5.91 Å². The molecule has 144 valence electrons. The third kappa shape index (κ3) is 6.77. The number of hydrogen-bond donors (Lipinski definition) is 1. The molecule has 0 atom stereocenters. The lowest BCUT2D eigenvalue weighted by atomic mass is 10.1. The van der Waals surface area contributed by atoms with Crippen LogP contribution in [0, 0.1) is 0 Å². The van der Waals surface area contributed by atoms with Gasteiger partial charge in [0, 0.05) is 19.5 Å². The van der Waals surface area contributed by atoms with Crippen LogP contribution in [0.25, 0.3) is 0 Å². The monoisotopic (exact) mass is 379 g/mol. The molecule has 1 N–H and O–H groups in total. The Hall–Kier alpha value is -2.83. The highest BCUT2D eigenvalue weighted by Crippen LogP contribution is 2.29. The van der Waals surface area contributed by atoms with Crippen LogP contribution in [0.1, 0.15) is 29.5 Å². The highest BCUT2D eigenvalue weighted by Gasteiger charge is 2.30. The molecule has 0 aromatic heterocycles. The Balaban J connectivity index is 2.11. The van der Waals surface area contributed by atoms with E-state index in [1.54, 1.807) is 0 Å². The fourth-order valence-electron chi connectivity index (χ4n) is 2.66. The van der Waals surface area contributed by atoms with Gasteiger partial charge < -0.3 is 10.0 Å². The van der Waals surface area contributed by atoms with Crippen LogP contribution in [0.4, 0.5) is 13.2 Å². The summed E-state index contributed by atoms with van der Waals surface area (Å²) in [5.41, 5.74) is 0.338. The van der Waals surface area contributed by atoms with Crippen LogP contribution < -0.4 is 0 Å². The van der Waals surface area contributed by atoms with Crippen molar-refractivity contribution in [2.75, 3.05) is 6.54 Å². The maximum Gasteiger partial charge on any atom is 0.416 e. The molecular formula is C20H20F3NO3. The molecule has 0 bridgehead atoms. The molecule has 7 heteroatoms. The zero-order valence-corrected chi connectivity index (χ0v) is 14.6. The lowest BCUT2D eigenvalue weighted by molar-refractivity contribution is -0.138. The van der Waals surface area contributed by atoms with Crippen molar-refractivity contribution in [2.45, 2.75) is 32.0 Å². The van der Waals surface area contributed by atoms with E-state index in [0.717, 1.165) is 17.7 Å². The van der Waals surface area contributed by atoms with Crippen LogP contribution in [-0.2, 0) is 28.7 Å². The molecule has 0 spiro atoms. The van der Waals surface area contributed by atoms with Crippen LogP contribution >= 0.6 is 0 Å². The number of aliphatic carboxylic acids is 1. The summed E-state index contributed by atoms with van der Waals surface area (Å²) in [5, 5.41) is 8.79. The quantitative estimate of drug-likeness (QED) is 0.750. The Morgan fingerprint density at radius 1 is 0.963 bits per heavy atom. The van der Waals surface area contributed by atoms with Gasteiger partial charge in [0.15, 0.2) is 0 Å². The lowest BCUT2D eigenvalue weighted by Gasteiger charge is -2.23. The molecule has 0 aliphatic rings. The van der Waals surface area contributed by atoms with E-state index in [1.807, 2.05) is 30.3 Å². The largest absolute Gasteiger partial charge is 0.481 e. The molecule has 2 rings (SSSR count). The predicted molar refractivity (Wildman–Crippen MR) is 93.9 cm³/mol. The van der Waals surface area contributed by atoms with Crippen LogP contribution in [0.15, 0.2) is 54.6 Å². The zero-order chi connectivity index (χ0) is 19.9. The zero-order valence-electron chi connectivity index (χ0n) is 14.6.